The van der Waals surface area contributed by atoms with E-state index in [0.717, 1.165) is 24.3 Å². The molecule has 2 heteroatoms. The number of aliphatic imine (C=N–C) groups is 1. The van der Waals surface area contributed by atoms with Gasteiger partial charge in [-0.3, -0.25) is 0 Å². The molecule has 0 aliphatic heterocycles. The van der Waals surface area contributed by atoms with Crippen molar-refractivity contribution in [2.24, 2.45) is 28.7 Å². The van der Waals surface area contributed by atoms with E-state index in [1.54, 1.807) is 6.08 Å². The third kappa shape index (κ3) is 1.55. The van der Waals surface area contributed by atoms with Crippen LogP contribution in [0.1, 0.15) is 32.6 Å². The van der Waals surface area contributed by atoms with Crippen molar-refractivity contribution in [2.45, 2.75) is 32.6 Å². The van der Waals surface area contributed by atoms with Gasteiger partial charge in [0.05, 0.1) is 6.54 Å². The van der Waals surface area contributed by atoms with Gasteiger partial charge in [0.15, 0.2) is 0 Å². The monoisotopic (exact) mass is 179 g/mol. The highest BCUT2D eigenvalue weighted by Crippen LogP contribution is 2.52. The van der Waals surface area contributed by atoms with E-state index in [0.29, 0.717) is 5.92 Å². The summed E-state index contributed by atoms with van der Waals surface area (Å²) in [6.45, 7) is 3.02. The average molecular weight is 179 g/mol. The Kier molecular flexibility index (Phi) is 2.50. The first-order valence-corrected chi connectivity index (χ1v) is 5.38. The molecule has 0 aromatic carbocycles. The maximum absolute atomic E-state index is 10.0. The third-order valence-electron chi connectivity index (χ3n) is 4.00. The molecule has 2 fully saturated rings. The Morgan fingerprint density at radius 2 is 2.08 bits per heavy atom. The molecule has 4 atom stereocenters. The minimum Gasteiger partial charge on any atom is -0.211 e. The number of hydrogen-bond acceptors (Lipinski definition) is 2. The highest BCUT2D eigenvalue weighted by atomic mass is 16.1. The molecule has 2 aliphatic carbocycles. The molecule has 72 valence electrons. The molecule has 2 nitrogen and oxygen atoms in total. The van der Waals surface area contributed by atoms with Gasteiger partial charge >= 0.3 is 0 Å². The van der Waals surface area contributed by atoms with Crippen molar-refractivity contribution in [2.75, 3.05) is 6.54 Å². The molecular weight excluding hydrogens is 162 g/mol. The highest BCUT2D eigenvalue weighted by molar-refractivity contribution is 5.32. The van der Waals surface area contributed by atoms with Crippen LogP contribution < -0.4 is 0 Å². The van der Waals surface area contributed by atoms with Crippen LogP contribution in [0.4, 0.5) is 0 Å². The van der Waals surface area contributed by atoms with Crippen molar-refractivity contribution in [1.29, 1.82) is 0 Å². The molecule has 0 heterocycles. The van der Waals surface area contributed by atoms with Gasteiger partial charge in [-0.1, -0.05) is 13.3 Å². The van der Waals surface area contributed by atoms with Crippen LogP contribution in [0.25, 0.3) is 0 Å². The molecule has 0 saturated heterocycles. The van der Waals surface area contributed by atoms with E-state index in [1.807, 2.05) is 0 Å². The van der Waals surface area contributed by atoms with Crippen LogP contribution in [0.2, 0.25) is 0 Å². The first-order chi connectivity index (χ1) is 6.35. The summed E-state index contributed by atoms with van der Waals surface area (Å²) in [4.78, 5) is 13.8. The lowest BCUT2D eigenvalue weighted by atomic mass is 9.79. The molecule has 4 unspecified atom stereocenters. The Morgan fingerprint density at radius 1 is 1.31 bits per heavy atom. The molecule has 2 saturated carbocycles. The number of hydrogen-bond donors (Lipinski definition) is 0. The Balaban J connectivity index is 1.97. The summed E-state index contributed by atoms with van der Waals surface area (Å²) in [5.74, 6) is 3.43. The van der Waals surface area contributed by atoms with Crippen LogP contribution in [-0.2, 0) is 4.79 Å². The first-order valence-electron chi connectivity index (χ1n) is 5.38. The largest absolute Gasteiger partial charge is 0.234 e. The van der Waals surface area contributed by atoms with Gasteiger partial charge in [0.1, 0.15) is 0 Å². The maximum Gasteiger partial charge on any atom is 0.234 e. The predicted octanol–water partition coefficient (Wildman–Crippen LogP) is 2.39. The summed E-state index contributed by atoms with van der Waals surface area (Å²) in [5, 5.41) is 0. The fraction of sp³-hybridized carbons (Fsp3) is 0.909. The minimum atomic E-state index is 0.699. The van der Waals surface area contributed by atoms with Crippen LogP contribution >= 0.6 is 0 Å². The Labute approximate surface area is 79.4 Å². The summed E-state index contributed by atoms with van der Waals surface area (Å²) in [6.07, 6.45) is 7.12. The van der Waals surface area contributed by atoms with Gasteiger partial charge in [0.25, 0.3) is 0 Å². The molecule has 2 bridgehead atoms. The van der Waals surface area contributed by atoms with Gasteiger partial charge in [0, 0.05) is 0 Å². The van der Waals surface area contributed by atoms with Crippen LogP contribution in [0, 0.1) is 23.7 Å². The fourth-order valence-electron chi connectivity index (χ4n) is 3.48. The Bertz CT molecular complexity index is 232. The minimum absolute atomic E-state index is 0.699. The number of isocyanates is 1. The Morgan fingerprint density at radius 3 is 2.69 bits per heavy atom. The number of fused-ring (bicyclic) bond motifs is 2. The zero-order valence-electron chi connectivity index (χ0n) is 8.20. The molecule has 0 aromatic heterocycles. The van der Waals surface area contributed by atoms with Crippen molar-refractivity contribution >= 4 is 6.08 Å². The zero-order valence-corrected chi connectivity index (χ0v) is 8.20. The summed E-state index contributed by atoms with van der Waals surface area (Å²) in [5.41, 5.74) is 0. The maximum atomic E-state index is 10.0. The molecule has 2 aliphatic rings. The summed E-state index contributed by atoms with van der Waals surface area (Å²) in [6, 6.07) is 0. The smallest absolute Gasteiger partial charge is 0.211 e. The Hall–Kier alpha value is -0.620. The van der Waals surface area contributed by atoms with Crippen LogP contribution in [-0.4, -0.2) is 12.6 Å². The molecule has 0 N–H and O–H groups in total. The predicted molar refractivity (Wildman–Crippen MR) is 51.1 cm³/mol. The van der Waals surface area contributed by atoms with Gasteiger partial charge in [0.2, 0.25) is 6.08 Å². The first kappa shape index (κ1) is 8.96. The van der Waals surface area contributed by atoms with Crippen molar-refractivity contribution in [3.8, 4) is 0 Å². The van der Waals surface area contributed by atoms with E-state index in [1.165, 1.54) is 25.7 Å². The lowest BCUT2D eigenvalue weighted by molar-refractivity contribution is 0.238. The van der Waals surface area contributed by atoms with Crippen molar-refractivity contribution in [3.05, 3.63) is 0 Å². The van der Waals surface area contributed by atoms with Crippen molar-refractivity contribution in [1.82, 2.24) is 0 Å². The van der Waals surface area contributed by atoms with Gasteiger partial charge in [-0.2, -0.15) is 0 Å². The zero-order chi connectivity index (χ0) is 9.26. The van der Waals surface area contributed by atoms with Crippen molar-refractivity contribution in [3.63, 3.8) is 0 Å². The highest BCUT2D eigenvalue weighted by Gasteiger charge is 2.44. The molecule has 0 amide bonds. The van der Waals surface area contributed by atoms with E-state index in [2.05, 4.69) is 11.9 Å². The second-order valence-electron chi connectivity index (χ2n) is 4.60. The molecule has 0 aromatic rings. The second kappa shape index (κ2) is 3.63. The van der Waals surface area contributed by atoms with Crippen molar-refractivity contribution < 1.29 is 4.79 Å². The van der Waals surface area contributed by atoms with E-state index >= 15 is 0 Å². The topological polar surface area (TPSA) is 29.4 Å². The quantitative estimate of drug-likeness (QED) is 0.483. The summed E-state index contributed by atoms with van der Waals surface area (Å²) in [7, 11) is 0. The second-order valence-corrected chi connectivity index (χ2v) is 4.60. The van der Waals surface area contributed by atoms with Gasteiger partial charge in [-0.05, 0) is 42.9 Å². The number of carbonyl (C=O) groups excluding carboxylic acids is 1. The average Bonchev–Trinajstić information content (AvgIpc) is 2.72. The molecular formula is C11H17NO. The lowest BCUT2D eigenvalue weighted by Crippen LogP contribution is -2.21. The molecule has 2 rings (SSSR count). The third-order valence-corrected chi connectivity index (χ3v) is 4.00. The standard InChI is InChI=1S/C11H17NO/c1-2-9-3-8-4-10(6-12-7-13)11(9)5-8/h8-11H,2-6H2,1H3. The molecule has 0 spiro atoms. The van der Waals surface area contributed by atoms with E-state index in [9.17, 15) is 4.79 Å². The SMILES string of the molecule is CCC1CC2CC(CN=C=O)C1C2. The summed E-state index contributed by atoms with van der Waals surface area (Å²) >= 11 is 0. The number of nitrogens with zero attached hydrogens (tertiary/aromatic N) is 1. The van der Waals surface area contributed by atoms with E-state index < -0.39 is 0 Å². The van der Waals surface area contributed by atoms with E-state index in [-0.39, 0.29) is 0 Å². The molecule has 13 heavy (non-hydrogen) atoms. The van der Waals surface area contributed by atoms with Crippen LogP contribution in [0.15, 0.2) is 4.99 Å². The number of rotatable bonds is 3. The van der Waals surface area contributed by atoms with Gasteiger partial charge in [-0.25, -0.2) is 9.79 Å². The molecule has 0 radical (unpaired) electrons. The van der Waals surface area contributed by atoms with Gasteiger partial charge < -0.3 is 0 Å². The van der Waals surface area contributed by atoms with Crippen LogP contribution in [0.5, 0.6) is 0 Å². The van der Waals surface area contributed by atoms with E-state index in [4.69, 9.17) is 0 Å². The van der Waals surface area contributed by atoms with Crippen LogP contribution in [0.3, 0.4) is 0 Å². The lowest BCUT2D eigenvalue weighted by Gasteiger charge is -2.27. The fourth-order valence-corrected chi connectivity index (χ4v) is 3.48. The van der Waals surface area contributed by atoms with Gasteiger partial charge in [-0.15, -0.1) is 0 Å². The summed E-state index contributed by atoms with van der Waals surface area (Å²) < 4.78 is 0. The normalized spacial score (nSPS) is 41.9.